The van der Waals surface area contributed by atoms with Crippen molar-refractivity contribution in [1.29, 1.82) is 0 Å². The van der Waals surface area contributed by atoms with Crippen molar-refractivity contribution >= 4 is 29.8 Å². The van der Waals surface area contributed by atoms with Crippen LogP contribution in [0.1, 0.15) is 24.3 Å². The number of thioether (sulfide) groups is 1. The van der Waals surface area contributed by atoms with Gasteiger partial charge in [-0.1, -0.05) is 42.1 Å². The van der Waals surface area contributed by atoms with E-state index in [9.17, 15) is 4.79 Å². The van der Waals surface area contributed by atoms with Crippen molar-refractivity contribution < 1.29 is 9.21 Å². The molecule has 0 aliphatic heterocycles. The van der Waals surface area contributed by atoms with E-state index in [4.69, 9.17) is 10.3 Å². The summed E-state index contributed by atoms with van der Waals surface area (Å²) in [6.45, 7) is 1.93. The largest absolute Gasteiger partial charge is 0.463 e. The minimum atomic E-state index is -0.121. The Morgan fingerprint density at radius 2 is 2.15 bits per heavy atom. The van der Waals surface area contributed by atoms with Crippen LogP contribution in [0, 0.1) is 0 Å². The predicted molar refractivity (Wildman–Crippen MR) is 104 cm³/mol. The van der Waals surface area contributed by atoms with Crippen molar-refractivity contribution in [3.05, 3.63) is 60.1 Å². The van der Waals surface area contributed by atoms with Crippen LogP contribution in [0.3, 0.4) is 0 Å². The third kappa shape index (κ3) is 5.11. The quantitative estimate of drug-likeness (QED) is 0.234. The van der Waals surface area contributed by atoms with Gasteiger partial charge in [-0.3, -0.25) is 4.79 Å². The van der Waals surface area contributed by atoms with Crippen LogP contribution in [0.15, 0.2) is 63.4 Å². The zero-order valence-electron chi connectivity index (χ0n) is 14.6. The summed E-state index contributed by atoms with van der Waals surface area (Å²) in [6, 6.07) is 13.2. The van der Waals surface area contributed by atoms with Gasteiger partial charge in [0.1, 0.15) is 5.76 Å². The summed E-state index contributed by atoms with van der Waals surface area (Å²) in [4.78, 5) is 12.1. The van der Waals surface area contributed by atoms with Gasteiger partial charge >= 0.3 is 0 Å². The molecule has 3 aromatic rings. The van der Waals surface area contributed by atoms with Crippen LogP contribution in [0.4, 0.5) is 5.95 Å². The van der Waals surface area contributed by atoms with Crippen LogP contribution in [-0.2, 0) is 4.79 Å². The van der Waals surface area contributed by atoms with Crippen LogP contribution < -0.4 is 16.6 Å². The van der Waals surface area contributed by atoms with Gasteiger partial charge in [0.25, 0.3) is 5.95 Å². The van der Waals surface area contributed by atoms with E-state index in [0.29, 0.717) is 10.9 Å². The molecule has 2 heterocycles. The van der Waals surface area contributed by atoms with Gasteiger partial charge in [-0.05, 0) is 24.6 Å². The molecule has 0 radical (unpaired) electrons. The monoisotopic (exact) mass is 385 g/mol. The van der Waals surface area contributed by atoms with E-state index in [-0.39, 0.29) is 23.7 Å². The number of furan rings is 1. The molecule has 0 spiro atoms. The Bertz CT molecular complexity index is 893. The lowest BCUT2D eigenvalue weighted by Crippen LogP contribution is -2.28. The third-order valence-electron chi connectivity index (χ3n) is 3.57. The highest BCUT2D eigenvalue weighted by Gasteiger charge is 2.14. The van der Waals surface area contributed by atoms with Crippen molar-refractivity contribution in [2.75, 3.05) is 17.0 Å². The number of nitrogens with zero attached hydrogens (tertiary/aromatic N) is 4. The maximum absolute atomic E-state index is 12.1. The SMILES string of the molecule is CC(NC(=O)CSc1nnc(N/N=C/c2ccco2)n1N)c1ccccc1. The van der Waals surface area contributed by atoms with Crippen molar-refractivity contribution in [1.82, 2.24) is 20.2 Å². The fourth-order valence-corrected chi connectivity index (χ4v) is 2.88. The number of hydrogen-bond acceptors (Lipinski definition) is 8. The predicted octanol–water partition coefficient (Wildman–Crippen LogP) is 2.00. The van der Waals surface area contributed by atoms with Gasteiger partial charge in [0.05, 0.1) is 24.3 Å². The number of hydrazone groups is 1. The molecule has 1 atom stereocenters. The Labute approximate surface area is 160 Å². The molecular weight excluding hydrogens is 366 g/mol. The van der Waals surface area contributed by atoms with Gasteiger partial charge in [0.15, 0.2) is 0 Å². The lowest BCUT2D eigenvalue weighted by Gasteiger charge is -2.13. The van der Waals surface area contributed by atoms with E-state index < -0.39 is 0 Å². The first-order chi connectivity index (χ1) is 13.1. The summed E-state index contributed by atoms with van der Waals surface area (Å²) < 4.78 is 6.36. The van der Waals surface area contributed by atoms with E-state index in [1.165, 1.54) is 22.7 Å². The lowest BCUT2D eigenvalue weighted by molar-refractivity contribution is -0.119. The average Bonchev–Trinajstić information content (AvgIpc) is 3.31. The smallest absolute Gasteiger partial charge is 0.264 e. The zero-order chi connectivity index (χ0) is 19.1. The molecule has 1 aromatic carbocycles. The second kappa shape index (κ2) is 8.90. The summed E-state index contributed by atoms with van der Waals surface area (Å²) in [5.74, 6) is 6.80. The Morgan fingerprint density at radius 3 is 2.89 bits per heavy atom. The number of anilines is 1. The van der Waals surface area contributed by atoms with E-state index in [2.05, 4.69) is 26.0 Å². The summed E-state index contributed by atoms with van der Waals surface area (Å²) in [6.07, 6.45) is 3.03. The number of amides is 1. The summed E-state index contributed by atoms with van der Waals surface area (Å²) in [5, 5.41) is 15.2. The number of carbonyl (C=O) groups is 1. The van der Waals surface area contributed by atoms with Crippen LogP contribution in [0.25, 0.3) is 0 Å². The molecule has 10 heteroatoms. The Kier molecular flexibility index (Phi) is 6.10. The lowest BCUT2D eigenvalue weighted by atomic mass is 10.1. The van der Waals surface area contributed by atoms with Gasteiger partial charge in [0, 0.05) is 0 Å². The van der Waals surface area contributed by atoms with E-state index >= 15 is 0 Å². The fraction of sp³-hybridized carbons (Fsp3) is 0.176. The standard InChI is InChI=1S/C17H19N7O2S/c1-12(13-6-3-2-4-7-13)20-15(25)11-27-17-23-22-16(24(17)18)21-19-10-14-8-5-9-26-14/h2-10,12H,11,18H2,1H3,(H,20,25)(H,21,22)/b19-10+. The minimum absolute atomic E-state index is 0.0804. The Hall–Kier alpha value is -3.27. The van der Waals surface area contributed by atoms with Crippen LogP contribution in [0.2, 0.25) is 0 Å². The topological polar surface area (TPSA) is 123 Å². The Balaban J connectivity index is 1.49. The first-order valence-electron chi connectivity index (χ1n) is 8.13. The fourth-order valence-electron chi connectivity index (χ4n) is 2.21. The molecule has 1 unspecified atom stereocenters. The summed E-state index contributed by atoms with van der Waals surface area (Å²) in [5.41, 5.74) is 3.71. The van der Waals surface area contributed by atoms with Crippen molar-refractivity contribution in [2.45, 2.75) is 18.1 Å². The molecule has 4 N–H and O–H groups in total. The molecule has 9 nitrogen and oxygen atoms in total. The number of nitrogens with two attached hydrogens (primary N) is 1. The van der Waals surface area contributed by atoms with E-state index in [1.807, 2.05) is 37.3 Å². The zero-order valence-corrected chi connectivity index (χ0v) is 15.4. The number of benzene rings is 1. The second-order valence-electron chi connectivity index (χ2n) is 5.55. The molecule has 1 amide bonds. The van der Waals surface area contributed by atoms with Crippen LogP contribution in [-0.4, -0.2) is 32.7 Å². The van der Waals surface area contributed by atoms with E-state index in [1.54, 1.807) is 18.4 Å². The Morgan fingerprint density at radius 1 is 1.33 bits per heavy atom. The molecule has 0 saturated heterocycles. The molecule has 27 heavy (non-hydrogen) atoms. The maximum atomic E-state index is 12.1. The van der Waals surface area contributed by atoms with Gasteiger partial charge in [-0.15, -0.1) is 10.2 Å². The highest BCUT2D eigenvalue weighted by atomic mass is 32.2. The summed E-state index contributed by atoms with van der Waals surface area (Å²) in [7, 11) is 0. The number of hydrogen-bond donors (Lipinski definition) is 3. The molecule has 140 valence electrons. The van der Waals surface area contributed by atoms with Crippen molar-refractivity contribution in [2.24, 2.45) is 5.10 Å². The maximum Gasteiger partial charge on any atom is 0.264 e. The second-order valence-corrected chi connectivity index (χ2v) is 6.49. The minimum Gasteiger partial charge on any atom is -0.463 e. The average molecular weight is 385 g/mol. The number of nitrogens with one attached hydrogen (secondary N) is 2. The molecule has 0 bridgehead atoms. The molecule has 0 aliphatic rings. The number of aromatic nitrogens is 3. The van der Waals surface area contributed by atoms with Gasteiger partial charge < -0.3 is 15.6 Å². The highest BCUT2D eigenvalue weighted by molar-refractivity contribution is 7.99. The van der Waals surface area contributed by atoms with Gasteiger partial charge in [-0.2, -0.15) is 5.10 Å². The van der Waals surface area contributed by atoms with Gasteiger partial charge in [0.2, 0.25) is 11.1 Å². The van der Waals surface area contributed by atoms with Crippen LogP contribution in [0.5, 0.6) is 0 Å². The molecule has 0 aliphatic carbocycles. The molecule has 3 rings (SSSR count). The number of carbonyl (C=O) groups excluding carboxylic acids is 1. The number of rotatable bonds is 8. The van der Waals surface area contributed by atoms with Crippen molar-refractivity contribution in [3.8, 4) is 0 Å². The normalized spacial score (nSPS) is 12.2. The highest BCUT2D eigenvalue weighted by Crippen LogP contribution is 2.17. The molecular formula is C17H19N7O2S. The van der Waals surface area contributed by atoms with Crippen LogP contribution >= 0.6 is 11.8 Å². The molecule has 0 fully saturated rings. The third-order valence-corrected chi connectivity index (χ3v) is 4.52. The van der Waals surface area contributed by atoms with E-state index in [0.717, 1.165) is 5.56 Å². The van der Waals surface area contributed by atoms with Crippen molar-refractivity contribution in [3.63, 3.8) is 0 Å². The van der Waals surface area contributed by atoms with Gasteiger partial charge in [-0.25, -0.2) is 10.1 Å². The number of nitrogen functional groups attached to an aromatic ring is 1. The first kappa shape index (κ1) is 18.5. The molecule has 0 saturated carbocycles. The molecule has 2 aromatic heterocycles. The first-order valence-corrected chi connectivity index (χ1v) is 9.12. The summed E-state index contributed by atoms with van der Waals surface area (Å²) >= 11 is 1.19.